The van der Waals surface area contributed by atoms with E-state index in [0.29, 0.717) is 12.4 Å². The number of halogens is 1. The zero-order valence-electron chi connectivity index (χ0n) is 10.7. The van der Waals surface area contributed by atoms with E-state index in [1.165, 1.54) is 0 Å². The van der Waals surface area contributed by atoms with Gasteiger partial charge in [-0.25, -0.2) is 9.97 Å². The lowest BCUT2D eigenvalue weighted by atomic mass is 10.2. The van der Waals surface area contributed by atoms with Gasteiger partial charge < -0.3 is 15.0 Å². The number of nitrogens with zero attached hydrogens (tertiary/aromatic N) is 4. The Hall–Kier alpha value is -1.99. The van der Waals surface area contributed by atoms with E-state index in [1.807, 2.05) is 23.0 Å². The number of hydrogen-bond acceptors (Lipinski definition) is 5. The number of ether oxygens (including phenoxy) is 1. The third-order valence-electron chi connectivity index (χ3n) is 2.95. The molecular weight excluding hydrogens is 322 g/mol. The fourth-order valence-corrected chi connectivity index (χ4v) is 2.44. The SMILES string of the molecule is COCc1cn(-c2ccnc(N)n2)c2cc(Br)ncc12. The van der Waals surface area contributed by atoms with Gasteiger partial charge >= 0.3 is 0 Å². The molecule has 3 rings (SSSR count). The molecule has 0 saturated carbocycles. The highest BCUT2D eigenvalue weighted by atomic mass is 79.9. The summed E-state index contributed by atoms with van der Waals surface area (Å²) >= 11 is 3.39. The van der Waals surface area contributed by atoms with Gasteiger partial charge in [-0.1, -0.05) is 0 Å². The molecule has 0 atom stereocenters. The second-order valence-electron chi connectivity index (χ2n) is 4.25. The molecule has 0 radical (unpaired) electrons. The Bertz CT molecular complexity index is 771. The van der Waals surface area contributed by atoms with E-state index >= 15 is 0 Å². The van der Waals surface area contributed by atoms with E-state index in [9.17, 15) is 0 Å². The lowest BCUT2D eigenvalue weighted by molar-refractivity contribution is 0.186. The van der Waals surface area contributed by atoms with Gasteiger partial charge in [0.2, 0.25) is 5.95 Å². The molecule has 0 amide bonds. The van der Waals surface area contributed by atoms with Gasteiger partial charge in [0, 0.05) is 36.7 Å². The molecule has 2 N–H and O–H groups in total. The quantitative estimate of drug-likeness (QED) is 0.744. The lowest BCUT2D eigenvalue weighted by Gasteiger charge is -2.04. The zero-order chi connectivity index (χ0) is 14.1. The number of nitrogen functional groups attached to an aromatic ring is 1. The highest BCUT2D eigenvalue weighted by Crippen LogP contribution is 2.26. The maximum atomic E-state index is 5.65. The smallest absolute Gasteiger partial charge is 0.221 e. The number of aromatic nitrogens is 4. The van der Waals surface area contributed by atoms with E-state index in [-0.39, 0.29) is 5.95 Å². The average Bonchev–Trinajstić information content (AvgIpc) is 2.77. The van der Waals surface area contributed by atoms with Crippen LogP contribution in [0.2, 0.25) is 0 Å². The van der Waals surface area contributed by atoms with Gasteiger partial charge in [0.25, 0.3) is 0 Å². The largest absolute Gasteiger partial charge is 0.380 e. The van der Waals surface area contributed by atoms with Gasteiger partial charge in [-0.2, -0.15) is 4.98 Å². The molecule has 0 aromatic carbocycles. The van der Waals surface area contributed by atoms with E-state index in [2.05, 4.69) is 30.9 Å². The molecule has 0 bridgehead atoms. The minimum Gasteiger partial charge on any atom is -0.380 e. The minimum absolute atomic E-state index is 0.241. The highest BCUT2D eigenvalue weighted by Gasteiger charge is 2.12. The van der Waals surface area contributed by atoms with Crippen LogP contribution in [-0.4, -0.2) is 26.6 Å². The van der Waals surface area contributed by atoms with Gasteiger partial charge in [0.15, 0.2) is 0 Å². The van der Waals surface area contributed by atoms with Crippen molar-refractivity contribution < 1.29 is 4.74 Å². The molecule has 6 nitrogen and oxygen atoms in total. The first-order valence-corrected chi connectivity index (χ1v) is 6.71. The summed E-state index contributed by atoms with van der Waals surface area (Å²) in [5.41, 5.74) is 7.68. The first-order valence-electron chi connectivity index (χ1n) is 5.92. The number of hydrogen-bond donors (Lipinski definition) is 1. The third-order valence-corrected chi connectivity index (χ3v) is 3.38. The summed E-state index contributed by atoms with van der Waals surface area (Å²) in [5, 5.41) is 1.02. The number of rotatable bonds is 3. The topological polar surface area (TPSA) is 78.9 Å². The van der Waals surface area contributed by atoms with Crippen LogP contribution < -0.4 is 5.73 Å². The van der Waals surface area contributed by atoms with E-state index in [1.54, 1.807) is 19.4 Å². The van der Waals surface area contributed by atoms with Crippen molar-refractivity contribution in [2.45, 2.75) is 6.61 Å². The van der Waals surface area contributed by atoms with Crippen LogP contribution in [0.4, 0.5) is 5.95 Å². The molecule has 0 aliphatic carbocycles. The fraction of sp³-hybridized carbons (Fsp3) is 0.154. The molecule has 0 aliphatic rings. The number of anilines is 1. The molecule has 0 aliphatic heterocycles. The summed E-state index contributed by atoms with van der Waals surface area (Å²) in [6.07, 6.45) is 5.43. The maximum absolute atomic E-state index is 5.65. The second-order valence-corrected chi connectivity index (χ2v) is 5.07. The molecule has 0 fully saturated rings. The predicted molar refractivity (Wildman–Crippen MR) is 79.5 cm³/mol. The molecule has 3 aromatic heterocycles. The molecule has 3 heterocycles. The van der Waals surface area contributed by atoms with Crippen molar-refractivity contribution in [1.29, 1.82) is 0 Å². The van der Waals surface area contributed by atoms with Crippen molar-refractivity contribution >= 4 is 32.8 Å². The molecule has 20 heavy (non-hydrogen) atoms. The lowest BCUT2D eigenvalue weighted by Crippen LogP contribution is -2.01. The van der Waals surface area contributed by atoms with Gasteiger partial charge in [-0.15, -0.1) is 0 Å². The van der Waals surface area contributed by atoms with Crippen LogP contribution in [0.25, 0.3) is 16.7 Å². The Kier molecular flexibility index (Phi) is 3.37. The third kappa shape index (κ3) is 2.25. The summed E-state index contributed by atoms with van der Waals surface area (Å²) in [5.74, 6) is 0.953. The van der Waals surface area contributed by atoms with Crippen LogP contribution in [0.3, 0.4) is 0 Å². The van der Waals surface area contributed by atoms with Crippen LogP contribution in [0, 0.1) is 0 Å². The summed E-state index contributed by atoms with van der Waals surface area (Å²) in [4.78, 5) is 12.4. The summed E-state index contributed by atoms with van der Waals surface area (Å²) in [6.45, 7) is 0.507. The molecule has 3 aromatic rings. The van der Waals surface area contributed by atoms with Crippen molar-refractivity contribution in [2.24, 2.45) is 0 Å². The van der Waals surface area contributed by atoms with Crippen LogP contribution in [0.15, 0.2) is 35.3 Å². The molecule has 0 spiro atoms. The first kappa shape index (κ1) is 13.0. The maximum Gasteiger partial charge on any atom is 0.221 e. The number of fused-ring (bicyclic) bond motifs is 1. The van der Waals surface area contributed by atoms with Crippen LogP contribution in [0.1, 0.15) is 5.56 Å². The van der Waals surface area contributed by atoms with E-state index in [0.717, 1.165) is 21.1 Å². The Balaban J connectivity index is 2.26. The van der Waals surface area contributed by atoms with Gasteiger partial charge in [0.05, 0.1) is 12.1 Å². The Labute approximate surface area is 123 Å². The Morgan fingerprint density at radius 1 is 1.40 bits per heavy atom. The summed E-state index contributed by atoms with van der Waals surface area (Å²) < 4.78 is 7.94. The molecule has 102 valence electrons. The molecule has 0 unspecified atom stereocenters. The molecule has 7 heteroatoms. The molecule has 0 saturated heterocycles. The first-order chi connectivity index (χ1) is 9.69. The van der Waals surface area contributed by atoms with Crippen LogP contribution in [0.5, 0.6) is 0 Å². The van der Waals surface area contributed by atoms with Gasteiger partial charge in [0.1, 0.15) is 10.4 Å². The van der Waals surface area contributed by atoms with Crippen LogP contribution in [-0.2, 0) is 11.3 Å². The normalized spacial score (nSPS) is 11.1. The van der Waals surface area contributed by atoms with Crippen molar-refractivity contribution in [3.8, 4) is 5.82 Å². The number of methoxy groups -OCH3 is 1. The van der Waals surface area contributed by atoms with E-state index < -0.39 is 0 Å². The number of nitrogens with two attached hydrogens (primary N) is 1. The van der Waals surface area contributed by atoms with Crippen molar-refractivity contribution in [1.82, 2.24) is 19.5 Å². The number of pyridine rings is 1. The average molecular weight is 334 g/mol. The Morgan fingerprint density at radius 3 is 3.00 bits per heavy atom. The van der Waals surface area contributed by atoms with E-state index in [4.69, 9.17) is 10.5 Å². The van der Waals surface area contributed by atoms with Crippen molar-refractivity contribution in [3.63, 3.8) is 0 Å². The standard InChI is InChI=1S/C13H12BrN5O/c1-20-7-8-6-19(12-2-3-16-13(15)18-12)10-4-11(14)17-5-9(8)10/h2-6H,7H2,1H3,(H2,15,16,18). The summed E-state index contributed by atoms with van der Waals surface area (Å²) in [6, 6.07) is 3.74. The monoisotopic (exact) mass is 333 g/mol. The van der Waals surface area contributed by atoms with Gasteiger partial charge in [-0.3, -0.25) is 0 Å². The van der Waals surface area contributed by atoms with Crippen molar-refractivity contribution in [3.05, 3.63) is 40.9 Å². The second kappa shape index (κ2) is 5.18. The minimum atomic E-state index is 0.241. The van der Waals surface area contributed by atoms with Crippen LogP contribution >= 0.6 is 15.9 Å². The zero-order valence-corrected chi connectivity index (χ0v) is 12.3. The van der Waals surface area contributed by atoms with Crippen molar-refractivity contribution in [2.75, 3.05) is 12.8 Å². The fourth-order valence-electron chi connectivity index (χ4n) is 2.12. The highest BCUT2D eigenvalue weighted by molar-refractivity contribution is 9.10. The predicted octanol–water partition coefficient (Wildman–Crippen LogP) is 2.31. The molecular formula is C13H12BrN5O. The van der Waals surface area contributed by atoms with Gasteiger partial charge in [-0.05, 0) is 28.1 Å². The summed E-state index contributed by atoms with van der Waals surface area (Å²) in [7, 11) is 1.66. The Morgan fingerprint density at radius 2 is 2.25 bits per heavy atom.